The van der Waals surface area contributed by atoms with Gasteiger partial charge in [0.1, 0.15) is 5.69 Å². The van der Waals surface area contributed by atoms with Crippen molar-refractivity contribution in [1.29, 1.82) is 0 Å². The van der Waals surface area contributed by atoms with E-state index in [1.54, 1.807) is 6.08 Å². The first-order valence-electron chi connectivity index (χ1n) is 7.84. The fraction of sp³-hybridized carbons (Fsp3) is 0.222. The molecule has 6 heteroatoms. The molecule has 3 N–H and O–H groups in total. The van der Waals surface area contributed by atoms with Crippen molar-refractivity contribution < 1.29 is 14.7 Å². The molecule has 5 nitrogen and oxygen atoms in total. The Labute approximate surface area is 146 Å². The van der Waals surface area contributed by atoms with Gasteiger partial charge in [-0.15, -0.1) is 0 Å². The molecular formula is C18H15BrN2O3. The predicted molar refractivity (Wildman–Crippen MR) is 95.0 cm³/mol. The number of nitrogens with one attached hydrogen (secondary N) is 2. The molecule has 0 spiro atoms. The van der Waals surface area contributed by atoms with Crippen molar-refractivity contribution in [3.05, 3.63) is 50.8 Å². The Morgan fingerprint density at radius 2 is 1.96 bits per heavy atom. The van der Waals surface area contributed by atoms with Crippen LogP contribution in [0, 0.1) is 0 Å². The number of aromatic carboxylic acids is 1. The van der Waals surface area contributed by atoms with Crippen LogP contribution in [-0.2, 0) is 17.6 Å². The summed E-state index contributed by atoms with van der Waals surface area (Å²) in [6.45, 7) is 0. The van der Waals surface area contributed by atoms with Gasteiger partial charge in [0.2, 0.25) is 0 Å². The third-order valence-corrected chi connectivity index (χ3v) is 5.11. The van der Waals surface area contributed by atoms with Crippen molar-refractivity contribution >= 4 is 45.1 Å². The second-order valence-corrected chi connectivity index (χ2v) is 7.00. The van der Waals surface area contributed by atoms with E-state index < -0.39 is 5.97 Å². The molecule has 1 aromatic carbocycles. The molecule has 2 aliphatic rings. The minimum atomic E-state index is -0.947. The van der Waals surface area contributed by atoms with E-state index in [2.05, 4.69) is 26.2 Å². The van der Waals surface area contributed by atoms with Gasteiger partial charge in [-0.25, -0.2) is 4.79 Å². The maximum absolute atomic E-state index is 12.3. The molecule has 1 amide bonds. The van der Waals surface area contributed by atoms with Crippen LogP contribution in [0.2, 0.25) is 0 Å². The number of aromatic amines is 1. The van der Waals surface area contributed by atoms with Crippen LogP contribution in [0.3, 0.4) is 0 Å². The van der Waals surface area contributed by atoms with E-state index >= 15 is 0 Å². The van der Waals surface area contributed by atoms with E-state index in [0.29, 0.717) is 5.57 Å². The maximum atomic E-state index is 12.3. The summed E-state index contributed by atoms with van der Waals surface area (Å²) in [5, 5.41) is 12.3. The summed E-state index contributed by atoms with van der Waals surface area (Å²) in [5.41, 5.74) is 5.05. The molecule has 0 radical (unpaired) electrons. The highest BCUT2D eigenvalue weighted by molar-refractivity contribution is 9.10. The van der Waals surface area contributed by atoms with Crippen molar-refractivity contribution in [2.75, 3.05) is 5.32 Å². The monoisotopic (exact) mass is 386 g/mol. The topological polar surface area (TPSA) is 82.2 Å². The molecule has 0 unspecified atom stereocenters. The Hall–Kier alpha value is -2.34. The Morgan fingerprint density at radius 3 is 2.71 bits per heavy atom. The van der Waals surface area contributed by atoms with Gasteiger partial charge in [-0.05, 0) is 61.1 Å². The molecule has 122 valence electrons. The molecule has 1 aliphatic heterocycles. The van der Waals surface area contributed by atoms with Gasteiger partial charge >= 0.3 is 5.97 Å². The number of carboxylic acid groups (broad SMARTS) is 1. The lowest BCUT2D eigenvalue weighted by Crippen LogP contribution is -2.06. The first-order chi connectivity index (χ1) is 11.5. The number of benzene rings is 1. The zero-order valence-electron chi connectivity index (χ0n) is 12.8. The molecule has 0 fully saturated rings. The van der Waals surface area contributed by atoms with Gasteiger partial charge < -0.3 is 15.4 Å². The van der Waals surface area contributed by atoms with Crippen LogP contribution in [-0.4, -0.2) is 22.0 Å². The minimum Gasteiger partial charge on any atom is -0.477 e. The Bertz CT molecular complexity index is 911. The van der Waals surface area contributed by atoms with E-state index in [0.717, 1.165) is 58.2 Å². The SMILES string of the molecule is O=C1Nc2ccc(Br)cc2C1=Cc1[nH]c(C(=O)O)c2c1CCCC2. The van der Waals surface area contributed by atoms with E-state index in [1.165, 1.54) is 0 Å². The number of halogens is 1. The van der Waals surface area contributed by atoms with E-state index in [-0.39, 0.29) is 11.6 Å². The number of fused-ring (bicyclic) bond motifs is 2. The van der Waals surface area contributed by atoms with Gasteiger partial charge in [0.05, 0.1) is 5.57 Å². The van der Waals surface area contributed by atoms with E-state index in [9.17, 15) is 14.7 Å². The molecule has 1 aliphatic carbocycles. The van der Waals surface area contributed by atoms with Crippen LogP contribution < -0.4 is 5.32 Å². The van der Waals surface area contributed by atoms with Crippen molar-refractivity contribution in [3.8, 4) is 0 Å². The second kappa shape index (κ2) is 5.63. The van der Waals surface area contributed by atoms with Gasteiger partial charge in [0.25, 0.3) is 5.91 Å². The molecule has 2 aromatic rings. The third-order valence-electron chi connectivity index (χ3n) is 4.62. The van der Waals surface area contributed by atoms with Crippen LogP contribution in [0.5, 0.6) is 0 Å². The lowest BCUT2D eigenvalue weighted by atomic mass is 9.91. The van der Waals surface area contributed by atoms with Crippen LogP contribution in [0.4, 0.5) is 5.69 Å². The fourth-order valence-corrected chi connectivity index (χ4v) is 3.88. The van der Waals surface area contributed by atoms with Crippen LogP contribution in [0.15, 0.2) is 22.7 Å². The van der Waals surface area contributed by atoms with Crippen molar-refractivity contribution in [3.63, 3.8) is 0 Å². The van der Waals surface area contributed by atoms with Crippen LogP contribution in [0.25, 0.3) is 11.6 Å². The molecule has 0 bridgehead atoms. The van der Waals surface area contributed by atoms with Gasteiger partial charge in [-0.2, -0.15) is 0 Å². The number of carbonyl (C=O) groups is 2. The number of hydrogen-bond acceptors (Lipinski definition) is 2. The zero-order chi connectivity index (χ0) is 16.8. The first kappa shape index (κ1) is 15.2. The average Bonchev–Trinajstić information content (AvgIpc) is 3.07. The molecule has 24 heavy (non-hydrogen) atoms. The standard InChI is InChI=1S/C18H15BrN2O3/c19-9-5-6-14-12(7-9)13(17(22)21-14)8-15-10-3-1-2-4-11(10)16(20-15)18(23)24/h5-8,20H,1-4H2,(H,21,22)(H,23,24). The second-order valence-electron chi connectivity index (χ2n) is 6.09. The lowest BCUT2D eigenvalue weighted by Gasteiger charge is -2.12. The molecule has 0 atom stereocenters. The summed E-state index contributed by atoms with van der Waals surface area (Å²) in [5.74, 6) is -1.11. The molecular weight excluding hydrogens is 372 g/mol. The minimum absolute atomic E-state index is 0.167. The third kappa shape index (κ3) is 2.38. The fourth-order valence-electron chi connectivity index (χ4n) is 3.52. The summed E-state index contributed by atoms with van der Waals surface area (Å²) in [7, 11) is 0. The number of H-pyrrole nitrogens is 1. The zero-order valence-corrected chi connectivity index (χ0v) is 14.4. The Balaban J connectivity index is 1.87. The van der Waals surface area contributed by atoms with E-state index in [4.69, 9.17) is 0 Å². The lowest BCUT2D eigenvalue weighted by molar-refractivity contribution is -0.110. The first-order valence-corrected chi connectivity index (χ1v) is 8.64. The summed E-state index contributed by atoms with van der Waals surface area (Å²) in [4.78, 5) is 26.8. The normalized spacial score (nSPS) is 17.5. The van der Waals surface area contributed by atoms with Gasteiger partial charge in [0, 0.05) is 21.4 Å². The van der Waals surface area contributed by atoms with Crippen molar-refractivity contribution in [1.82, 2.24) is 4.98 Å². The highest BCUT2D eigenvalue weighted by Crippen LogP contribution is 2.36. The Kier molecular flexibility index (Phi) is 3.57. The smallest absolute Gasteiger partial charge is 0.352 e. The number of hydrogen-bond donors (Lipinski definition) is 3. The number of carbonyl (C=O) groups excluding carboxylic acids is 1. The quantitative estimate of drug-likeness (QED) is 0.685. The molecule has 0 saturated carbocycles. The van der Waals surface area contributed by atoms with Crippen molar-refractivity contribution in [2.24, 2.45) is 0 Å². The summed E-state index contributed by atoms with van der Waals surface area (Å²) >= 11 is 3.43. The van der Waals surface area contributed by atoms with Gasteiger partial charge in [-0.3, -0.25) is 4.79 Å². The van der Waals surface area contributed by atoms with Crippen molar-refractivity contribution in [2.45, 2.75) is 25.7 Å². The number of rotatable bonds is 2. The molecule has 0 saturated heterocycles. The average molecular weight is 387 g/mol. The molecule has 4 rings (SSSR count). The number of anilines is 1. The Morgan fingerprint density at radius 1 is 1.21 bits per heavy atom. The van der Waals surface area contributed by atoms with Crippen LogP contribution >= 0.6 is 15.9 Å². The summed E-state index contributed by atoms with van der Waals surface area (Å²) in [6, 6.07) is 5.62. The number of amides is 1. The maximum Gasteiger partial charge on any atom is 0.352 e. The predicted octanol–water partition coefficient (Wildman–Crippen LogP) is 3.85. The highest BCUT2D eigenvalue weighted by Gasteiger charge is 2.27. The van der Waals surface area contributed by atoms with Gasteiger partial charge in [0.15, 0.2) is 0 Å². The number of aromatic nitrogens is 1. The van der Waals surface area contributed by atoms with Crippen LogP contribution in [0.1, 0.15) is 45.7 Å². The van der Waals surface area contributed by atoms with E-state index in [1.807, 2.05) is 18.2 Å². The largest absolute Gasteiger partial charge is 0.477 e. The van der Waals surface area contributed by atoms with Gasteiger partial charge in [-0.1, -0.05) is 15.9 Å². The highest BCUT2D eigenvalue weighted by atomic mass is 79.9. The summed E-state index contributed by atoms with van der Waals surface area (Å²) < 4.78 is 0.892. The summed E-state index contributed by atoms with van der Waals surface area (Å²) in [6.07, 6.45) is 5.42. The number of carboxylic acids is 1. The molecule has 1 aromatic heterocycles. The molecule has 2 heterocycles.